The SMILES string of the molecule is CC#CCC1(C(=O)Nc2ccc3[nH]nc(-c4ccnc(C)c4)c3c2)CCN(CC(=O)N2CC=C(c3ccsc3)CC2)C1. The first-order chi connectivity index (χ1) is 20.4. The van der Waals surface area contributed by atoms with E-state index in [-0.39, 0.29) is 11.8 Å². The first kappa shape index (κ1) is 27.9. The number of benzene rings is 1. The van der Waals surface area contributed by atoms with Gasteiger partial charge in [-0.2, -0.15) is 16.4 Å². The van der Waals surface area contributed by atoms with E-state index in [1.807, 2.05) is 42.2 Å². The number of aromatic nitrogens is 3. The van der Waals surface area contributed by atoms with Crippen molar-refractivity contribution < 1.29 is 9.59 Å². The third-order valence-corrected chi connectivity index (χ3v) is 9.00. The van der Waals surface area contributed by atoms with Crippen molar-refractivity contribution in [2.75, 3.05) is 38.0 Å². The van der Waals surface area contributed by atoms with Crippen LogP contribution in [0.4, 0.5) is 5.69 Å². The highest BCUT2D eigenvalue weighted by atomic mass is 32.1. The van der Waals surface area contributed by atoms with Gasteiger partial charge >= 0.3 is 0 Å². The van der Waals surface area contributed by atoms with Gasteiger partial charge in [-0.25, -0.2) is 0 Å². The molecule has 4 aromatic rings. The number of carbonyl (C=O) groups excluding carboxylic acids is 2. The number of carbonyl (C=O) groups is 2. The first-order valence-electron chi connectivity index (χ1n) is 14.3. The van der Waals surface area contributed by atoms with Gasteiger partial charge in [0.15, 0.2) is 0 Å². The van der Waals surface area contributed by atoms with Crippen LogP contribution in [0.3, 0.4) is 0 Å². The third-order valence-electron chi connectivity index (χ3n) is 8.32. The molecule has 6 rings (SSSR count). The van der Waals surface area contributed by atoms with Gasteiger partial charge in [-0.1, -0.05) is 6.08 Å². The molecule has 2 N–H and O–H groups in total. The molecule has 1 saturated heterocycles. The third kappa shape index (κ3) is 5.73. The molecule has 3 aromatic heterocycles. The van der Waals surface area contributed by atoms with Gasteiger partial charge in [0.05, 0.1) is 17.5 Å². The van der Waals surface area contributed by atoms with Crippen molar-refractivity contribution >= 4 is 45.3 Å². The molecule has 0 aliphatic carbocycles. The van der Waals surface area contributed by atoms with Gasteiger partial charge in [-0.05, 0) is 91.5 Å². The van der Waals surface area contributed by atoms with E-state index in [2.05, 4.69) is 60.1 Å². The number of amides is 2. The van der Waals surface area contributed by atoms with E-state index in [4.69, 9.17) is 0 Å². The summed E-state index contributed by atoms with van der Waals surface area (Å²) in [4.78, 5) is 35.4. The second kappa shape index (κ2) is 11.9. The summed E-state index contributed by atoms with van der Waals surface area (Å²) in [6.45, 7) is 6.59. The summed E-state index contributed by atoms with van der Waals surface area (Å²) in [6, 6.07) is 11.9. The highest BCUT2D eigenvalue weighted by molar-refractivity contribution is 7.08. The van der Waals surface area contributed by atoms with E-state index >= 15 is 0 Å². The molecule has 214 valence electrons. The molecule has 1 aromatic carbocycles. The zero-order valence-corrected chi connectivity index (χ0v) is 24.8. The Balaban J connectivity index is 1.14. The standard InChI is InChI=1S/C33H34N6O2S/c1-3-4-11-33(12-16-38(22-33)20-30(40)39-14-8-24(9-15-39)26-10-17-42-21-26)32(41)35-27-5-6-29-28(19-27)31(37-36-29)25-7-13-34-23(2)18-25/h5-8,10,13,17-19,21H,9,11-12,14-16,20,22H2,1-2H3,(H,35,41)(H,36,37). The quantitative estimate of drug-likeness (QED) is 0.288. The second-order valence-electron chi connectivity index (χ2n) is 11.1. The van der Waals surface area contributed by atoms with E-state index in [0.717, 1.165) is 40.8 Å². The van der Waals surface area contributed by atoms with Crippen LogP contribution in [-0.4, -0.2) is 69.5 Å². The van der Waals surface area contributed by atoms with Crippen molar-refractivity contribution in [1.82, 2.24) is 25.0 Å². The van der Waals surface area contributed by atoms with Crippen LogP contribution >= 0.6 is 11.3 Å². The fourth-order valence-electron chi connectivity index (χ4n) is 5.93. The Labute approximate surface area is 249 Å². The predicted octanol–water partition coefficient (Wildman–Crippen LogP) is 5.35. The molecule has 42 heavy (non-hydrogen) atoms. The molecule has 5 heterocycles. The average Bonchev–Trinajstić information content (AvgIpc) is 3.77. The van der Waals surface area contributed by atoms with Crippen LogP contribution in [0.1, 0.15) is 37.4 Å². The van der Waals surface area contributed by atoms with Crippen LogP contribution in [0.2, 0.25) is 0 Å². The fraction of sp³-hybridized carbons (Fsp3) is 0.333. The number of aryl methyl sites for hydroxylation is 1. The summed E-state index contributed by atoms with van der Waals surface area (Å²) < 4.78 is 0. The fourth-order valence-corrected chi connectivity index (χ4v) is 6.61. The molecular formula is C33H34N6O2S. The Morgan fingerprint density at radius 1 is 1.17 bits per heavy atom. The number of thiophene rings is 1. The number of nitrogens with one attached hydrogen (secondary N) is 2. The van der Waals surface area contributed by atoms with Crippen molar-refractivity contribution in [3.05, 3.63) is 70.7 Å². The summed E-state index contributed by atoms with van der Waals surface area (Å²) in [5, 5.41) is 16.0. The molecule has 0 radical (unpaired) electrons. The lowest BCUT2D eigenvalue weighted by Crippen LogP contribution is -2.43. The van der Waals surface area contributed by atoms with Gasteiger partial charge in [0, 0.05) is 54.6 Å². The van der Waals surface area contributed by atoms with Crippen LogP contribution in [0.15, 0.2) is 59.4 Å². The monoisotopic (exact) mass is 578 g/mol. The number of H-pyrrole nitrogens is 1. The number of hydrogen-bond acceptors (Lipinski definition) is 6. The summed E-state index contributed by atoms with van der Waals surface area (Å²) >= 11 is 1.69. The Kier molecular flexibility index (Phi) is 7.92. The van der Waals surface area contributed by atoms with Crippen molar-refractivity contribution in [3.8, 4) is 23.1 Å². The van der Waals surface area contributed by atoms with Crippen LogP contribution in [-0.2, 0) is 9.59 Å². The number of hydrogen-bond donors (Lipinski definition) is 2. The molecule has 1 unspecified atom stereocenters. The smallest absolute Gasteiger partial charge is 0.237 e. The number of fused-ring (bicyclic) bond motifs is 1. The summed E-state index contributed by atoms with van der Waals surface area (Å²) in [5.74, 6) is 6.16. The van der Waals surface area contributed by atoms with Crippen LogP contribution in [0.25, 0.3) is 27.7 Å². The number of rotatable bonds is 7. The van der Waals surface area contributed by atoms with Gasteiger partial charge < -0.3 is 10.2 Å². The molecule has 9 heteroatoms. The number of likely N-dealkylation sites (tertiary alicyclic amines) is 1. The summed E-state index contributed by atoms with van der Waals surface area (Å²) in [7, 11) is 0. The maximum Gasteiger partial charge on any atom is 0.237 e. The maximum absolute atomic E-state index is 13.9. The maximum atomic E-state index is 13.9. The van der Waals surface area contributed by atoms with E-state index in [9.17, 15) is 9.59 Å². The number of pyridine rings is 1. The Morgan fingerprint density at radius 3 is 2.83 bits per heavy atom. The van der Waals surface area contributed by atoms with E-state index in [1.54, 1.807) is 24.5 Å². The van der Waals surface area contributed by atoms with E-state index in [0.29, 0.717) is 44.7 Å². The lowest BCUT2D eigenvalue weighted by molar-refractivity contribution is -0.132. The zero-order valence-electron chi connectivity index (χ0n) is 23.9. The molecular weight excluding hydrogens is 544 g/mol. The molecule has 2 aliphatic heterocycles. The van der Waals surface area contributed by atoms with Gasteiger partial charge in [0.25, 0.3) is 0 Å². The van der Waals surface area contributed by atoms with Gasteiger partial charge in [-0.15, -0.1) is 11.8 Å². The summed E-state index contributed by atoms with van der Waals surface area (Å²) in [5.41, 5.74) is 6.19. The second-order valence-corrected chi connectivity index (χ2v) is 11.9. The minimum Gasteiger partial charge on any atom is -0.338 e. The Morgan fingerprint density at radius 2 is 2.07 bits per heavy atom. The van der Waals surface area contributed by atoms with Crippen LogP contribution in [0.5, 0.6) is 0 Å². The highest BCUT2D eigenvalue weighted by Crippen LogP contribution is 2.36. The minimum atomic E-state index is -0.687. The lowest BCUT2D eigenvalue weighted by Gasteiger charge is -2.29. The van der Waals surface area contributed by atoms with Gasteiger partial charge in [-0.3, -0.25) is 24.6 Å². The van der Waals surface area contributed by atoms with E-state index in [1.165, 1.54) is 11.1 Å². The molecule has 8 nitrogen and oxygen atoms in total. The average molecular weight is 579 g/mol. The molecule has 1 fully saturated rings. The van der Waals surface area contributed by atoms with Crippen LogP contribution < -0.4 is 5.32 Å². The van der Waals surface area contributed by atoms with Crippen molar-refractivity contribution in [3.63, 3.8) is 0 Å². The minimum absolute atomic E-state index is 0.0642. The zero-order chi connectivity index (χ0) is 29.1. The molecule has 0 bridgehead atoms. The van der Waals surface area contributed by atoms with Crippen molar-refractivity contribution in [2.24, 2.45) is 5.41 Å². The topological polar surface area (TPSA) is 94.2 Å². The number of nitrogens with zero attached hydrogens (tertiary/aromatic N) is 4. The number of aromatic amines is 1. The normalized spacial score (nSPS) is 18.9. The molecule has 2 amide bonds. The predicted molar refractivity (Wildman–Crippen MR) is 168 cm³/mol. The number of anilines is 1. The van der Waals surface area contributed by atoms with Crippen LogP contribution in [0, 0.1) is 24.2 Å². The van der Waals surface area contributed by atoms with Gasteiger partial charge in [0.1, 0.15) is 5.69 Å². The highest BCUT2D eigenvalue weighted by Gasteiger charge is 2.44. The van der Waals surface area contributed by atoms with E-state index < -0.39 is 5.41 Å². The molecule has 2 aliphatic rings. The largest absolute Gasteiger partial charge is 0.338 e. The van der Waals surface area contributed by atoms with Crippen molar-refractivity contribution in [1.29, 1.82) is 0 Å². The Hall–Kier alpha value is -4.26. The van der Waals surface area contributed by atoms with Gasteiger partial charge in [0.2, 0.25) is 11.8 Å². The summed E-state index contributed by atoms with van der Waals surface area (Å²) in [6.07, 6.45) is 5.91. The molecule has 0 saturated carbocycles. The Bertz CT molecular complexity index is 1710. The molecule has 0 spiro atoms. The first-order valence-corrected chi connectivity index (χ1v) is 15.2. The molecule has 1 atom stereocenters. The lowest BCUT2D eigenvalue weighted by atomic mass is 9.82. The van der Waals surface area contributed by atoms with Crippen molar-refractivity contribution in [2.45, 2.75) is 33.1 Å².